The Hall–Kier alpha value is -2.77. The van der Waals surface area contributed by atoms with Crippen molar-refractivity contribution in [2.75, 3.05) is 31.1 Å². The first-order chi connectivity index (χ1) is 13.2. The van der Waals surface area contributed by atoms with Crippen LogP contribution in [-0.2, 0) is 4.74 Å². The molecule has 8 heteroatoms. The minimum atomic E-state index is -0.611. The molecule has 28 heavy (non-hydrogen) atoms. The highest BCUT2D eigenvalue weighted by atomic mass is 19.1. The topological polar surface area (TPSA) is 76.8 Å². The van der Waals surface area contributed by atoms with Crippen molar-refractivity contribution in [1.29, 1.82) is 0 Å². The molecule has 1 aromatic carbocycles. The van der Waals surface area contributed by atoms with Gasteiger partial charge in [-0.3, -0.25) is 0 Å². The minimum Gasteiger partial charge on any atom is -0.489 e. The number of halogens is 1. The lowest BCUT2D eigenvalue weighted by Gasteiger charge is -2.35. The number of hydrogen-bond donors (Lipinski definition) is 1. The number of rotatable bonds is 6. The van der Waals surface area contributed by atoms with Crippen LogP contribution in [0.25, 0.3) is 11.1 Å². The summed E-state index contributed by atoms with van der Waals surface area (Å²) in [6, 6.07) is 5.89. The zero-order valence-electron chi connectivity index (χ0n) is 16.6. The maximum atomic E-state index is 13.1. The van der Waals surface area contributed by atoms with Crippen LogP contribution >= 0.6 is 0 Å². The highest BCUT2D eigenvalue weighted by molar-refractivity contribution is 5.76. The van der Waals surface area contributed by atoms with E-state index in [2.05, 4.69) is 22.1 Å². The summed E-state index contributed by atoms with van der Waals surface area (Å²) in [5.41, 5.74) is 1.03. The van der Waals surface area contributed by atoms with E-state index in [-0.39, 0.29) is 18.7 Å². The highest BCUT2D eigenvalue weighted by Crippen LogP contribution is 2.29. The lowest BCUT2D eigenvalue weighted by atomic mass is 10.0. The number of hydrogen-bond acceptors (Lipinski definition) is 6. The van der Waals surface area contributed by atoms with E-state index in [4.69, 9.17) is 13.9 Å². The first-order valence-corrected chi connectivity index (χ1v) is 9.27. The standard InChI is InChI=1S/C20H26FN3O4/c1-13-10-24(11-13)18-23-16-6-5-15(7-17(16)27-18)26-12-14(8-21)9-22-19(25)28-20(2,3)4/h5-8,13H,9-12H2,1-4H3,(H,22,25)/b14-8+. The summed E-state index contributed by atoms with van der Waals surface area (Å²) in [4.78, 5) is 18.2. The SMILES string of the molecule is CC1CN(c2nc3ccc(OC/C(=C/F)CNC(=O)OC(C)(C)C)cc3o2)C1. The van der Waals surface area contributed by atoms with Gasteiger partial charge in [-0.05, 0) is 38.8 Å². The van der Waals surface area contributed by atoms with Gasteiger partial charge >= 0.3 is 6.09 Å². The Kier molecular flexibility index (Phi) is 5.76. The first-order valence-electron chi connectivity index (χ1n) is 9.27. The average molecular weight is 391 g/mol. The van der Waals surface area contributed by atoms with Crippen LogP contribution in [0.2, 0.25) is 0 Å². The Bertz CT molecular complexity index is 866. The van der Waals surface area contributed by atoms with Crippen LogP contribution in [0.3, 0.4) is 0 Å². The van der Waals surface area contributed by atoms with E-state index in [0.29, 0.717) is 29.6 Å². The second kappa shape index (κ2) is 8.08. The van der Waals surface area contributed by atoms with Crippen molar-refractivity contribution in [3.05, 3.63) is 30.1 Å². The molecule has 152 valence electrons. The molecule has 0 radical (unpaired) electrons. The van der Waals surface area contributed by atoms with Gasteiger partial charge in [0.15, 0.2) is 5.58 Å². The number of aromatic nitrogens is 1. The maximum absolute atomic E-state index is 13.1. The van der Waals surface area contributed by atoms with E-state index >= 15 is 0 Å². The van der Waals surface area contributed by atoms with Crippen LogP contribution in [-0.4, -0.2) is 42.9 Å². The largest absolute Gasteiger partial charge is 0.489 e. The summed E-state index contributed by atoms with van der Waals surface area (Å²) < 4.78 is 29.6. The van der Waals surface area contributed by atoms with Crippen molar-refractivity contribution in [3.8, 4) is 5.75 Å². The molecule has 1 saturated heterocycles. The van der Waals surface area contributed by atoms with Crippen LogP contribution in [0.4, 0.5) is 15.2 Å². The van der Waals surface area contributed by atoms with E-state index in [1.807, 2.05) is 0 Å². The molecule has 0 unspecified atom stereocenters. The van der Waals surface area contributed by atoms with Crippen molar-refractivity contribution in [2.24, 2.45) is 5.92 Å². The van der Waals surface area contributed by atoms with Gasteiger partial charge in [-0.15, -0.1) is 0 Å². The van der Waals surface area contributed by atoms with Crippen LogP contribution in [0.15, 0.2) is 34.5 Å². The number of carbonyl (C=O) groups is 1. The molecular weight excluding hydrogens is 365 g/mol. The third-order valence-electron chi connectivity index (χ3n) is 4.12. The average Bonchev–Trinajstić information content (AvgIpc) is 3.00. The summed E-state index contributed by atoms with van der Waals surface area (Å²) in [6.07, 6.45) is -0.184. The van der Waals surface area contributed by atoms with Gasteiger partial charge in [-0.2, -0.15) is 4.98 Å². The maximum Gasteiger partial charge on any atom is 0.407 e. The Labute approximate surface area is 163 Å². The number of alkyl carbamates (subject to hydrolysis) is 1. The second-order valence-electron chi connectivity index (χ2n) is 8.05. The lowest BCUT2D eigenvalue weighted by molar-refractivity contribution is 0.0531. The Morgan fingerprint density at radius 1 is 1.43 bits per heavy atom. The van der Waals surface area contributed by atoms with E-state index in [0.717, 1.165) is 18.6 Å². The number of ether oxygens (including phenoxy) is 2. The Morgan fingerprint density at radius 3 is 2.82 bits per heavy atom. The molecule has 3 rings (SSSR count). The van der Waals surface area contributed by atoms with Crippen molar-refractivity contribution in [3.63, 3.8) is 0 Å². The molecule has 0 atom stereocenters. The van der Waals surface area contributed by atoms with Crippen molar-refractivity contribution >= 4 is 23.2 Å². The van der Waals surface area contributed by atoms with Crippen LogP contribution in [0, 0.1) is 5.92 Å². The number of nitrogens with zero attached hydrogens (tertiary/aromatic N) is 2. The van der Waals surface area contributed by atoms with Crippen LogP contribution in [0.1, 0.15) is 27.7 Å². The first kappa shape index (κ1) is 20.0. The molecule has 1 amide bonds. The minimum absolute atomic E-state index is 0.00669. The van der Waals surface area contributed by atoms with Crippen molar-refractivity contribution in [2.45, 2.75) is 33.3 Å². The van der Waals surface area contributed by atoms with E-state index in [1.54, 1.807) is 39.0 Å². The molecule has 1 aromatic heterocycles. The lowest BCUT2D eigenvalue weighted by Crippen LogP contribution is -2.45. The number of carbonyl (C=O) groups excluding carboxylic acids is 1. The van der Waals surface area contributed by atoms with Crippen LogP contribution < -0.4 is 15.0 Å². The third kappa shape index (κ3) is 5.15. The fourth-order valence-corrected chi connectivity index (χ4v) is 2.77. The molecule has 1 aliphatic rings. The number of nitrogens with one attached hydrogen (secondary N) is 1. The fourth-order valence-electron chi connectivity index (χ4n) is 2.77. The van der Waals surface area contributed by atoms with Crippen LogP contribution in [0.5, 0.6) is 5.75 Å². The van der Waals surface area contributed by atoms with E-state index in [9.17, 15) is 9.18 Å². The molecule has 0 saturated carbocycles. The number of amides is 1. The van der Waals surface area contributed by atoms with Gasteiger partial charge in [0.25, 0.3) is 6.01 Å². The number of anilines is 1. The van der Waals surface area contributed by atoms with E-state index < -0.39 is 11.7 Å². The normalized spacial score (nSPS) is 15.5. The molecule has 0 spiro atoms. The Balaban J connectivity index is 1.54. The molecular formula is C20H26FN3O4. The number of fused-ring (bicyclic) bond motifs is 1. The molecule has 0 aliphatic carbocycles. The Morgan fingerprint density at radius 2 is 2.18 bits per heavy atom. The predicted molar refractivity (Wildman–Crippen MR) is 104 cm³/mol. The summed E-state index contributed by atoms with van der Waals surface area (Å²) in [5.74, 6) is 1.18. The van der Waals surface area contributed by atoms with Gasteiger partial charge in [0.1, 0.15) is 23.5 Å². The highest BCUT2D eigenvalue weighted by Gasteiger charge is 2.26. The molecule has 1 aliphatic heterocycles. The zero-order valence-corrected chi connectivity index (χ0v) is 16.6. The predicted octanol–water partition coefficient (Wildman–Crippen LogP) is 4.04. The van der Waals surface area contributed by atoms with Gasteiger partial charge in [0, 0.05) is 31.3 Å². The third-order valence-corrected chi connectivity index (χ3v) is 4.12. The van der Waals surface area contributed by atoms with E-state index in [1.165, 1.54) is 0 Å². The number of benzene rings is 1. The molecule has 1 N–H and O–H groups in total. The van der Waals surface area contributed by atoms with Gasteiger partial charge in [0.05, 0.1) is 6.33 Å². The molecule has 1 fully saturated rings. The van der Waals surface area contributed by atoms with Crippen molar-refractivity contribution < 1.29 is 23.1 Å². The van der Waals surface area contributed by atoms with Crippen molar-refractivity contribution in [1.82, 2.24) is 10.3 Å². The van der Waals surface area contributed by atoms with Gasteiger partial charge in [0.2, 0.25) is 0 Å². The summed E-state index contributed by atoms with van der Waals surface area (Å²) in [5, 5.41) is 2.50. The molecule has 2 aromatic rings. The fraction of sp³-hybridized carbons (Fsp3) is 0.500. The monoisotopic (exact) mass is 391 g/mol. The summed E-state index contributed by atoms with van der Waals surface area (Å²) in [6.45, 7) is 9.31. The summed E-state index contributed by atoms with van der Waals surface area (Å²) in [7, 11) is 0. The summed E-state index contributed by atoms with van der Waals surface area (Å²) >= 11 is 0. The number of oxazole rings is 1. The molecule has 2 heterocycles. The van der Waals surface area contributed by atoms with Gasteiger partial charge in [-0.1, -0.05) is 6.92 Å². The molecule has 0 bridgehead atoms. The molecule has 7 nitrogen and oxygen atoms in total. The van der Waals surface area contributed by atoms with Gasteiger partial charge in [-0.25, -0.2) is 9.18 Å². The second-order valence-corrected chi connectivity index (χ2v) is 8.05. The van der Waals surface area contributed by atoms with Gasteiger partial charge < -0.3 is 24.1 Å². The smallest absolute Gasteiger partial charge is 0.407 e. The zero-order chi connectivity index (χ0) is 20.3. The quantitative estimate of drug-likeness (QED) is 0.801.